The highest BCUT2D eigenvalue weighted by Crippen LogP contribution is 2.20. The van der Waals surface area contributed by atoms with Gasteiger partial charge < -0.3 is 9.88 Å². The normalized spacial score (nSPS) is 10.2. The number of amides is 1. The van der Waals surface area contributed by atoms with Gasteiger partial charge in [-0.05, 0) is 12.5 Å². The number of carbonyl (C=O) groups is 1. The van der Waals surface area contributed by atoms with Gasteiger partial charge in [0.05, 0.1) is 5.56 Å². The van der Waals surface area contributed by atoms with E-state index in [1.807, 2.05) is 35.8 Å². The van der Waals surface area contributed by atoms with Gasteiger partial charge in [0.25, 0.3) is 0 Å². The number of fused-ring (bicyclic) bond motifs is 1. The first kappa shape index (κ1) is 12.2. The number of hydrogen-bond acceptors (Lipinski definition) is 2. The van der Waals surface area contributed by atoms with E-state index in [9.17, 15) is 4.79 Å². The highest BCUT2D eigenvalue weighted by atomic mass is 16.1. The number of carbonyl (C=O) groups excluding carboxylic acids is 1. The molecular weight excluding hydrogens is 226 g/mol. The molecule has 0 bridgehead atoms. The maximum Gasteiger partial charge on any atom is 0.239 e. The molecule has 4 heteroatoms. The van der Waals surface area contributed by atoms with Gasteiger partial charge in [0.2, 0.25) is 5.91 Å². The van der Waals surface area contributed by atoms with Crippen molar-refractivity contribution in [1.82, 2.24) is 9.88 Å². The summed E-state index contributed by atoms with van der Waals surface area (Å²) in [4.78, 5) is 11.7. The lowest BCUT2D eigenvalue weighted by Crippen LogP contribution is -2.27. The molecule has 0 aliphatic rings. The Morgan fingerprint density at radius 2 is 2.22 bits per heavy atom. The number of benzene rings is 1. The third-order valence-electron chi connectivity index (χ3n) is 2.80. The summed E-state index contributed by atoms with van der Waals surface area (Å²) in [6, 6.07) is 9.77. The van der Waals surface area contributed by atoms with Crippen molar-refractivity contribution in [3.8, 4) is 6.07 Å². The van der Waals surface area contributed by atoms with Crippen molar-refractivity contribution in [1.29, 1.82) is 5.26 Å². The first-order valence-corrected chi connectivity index (χ1v) is 6.01. The molecule has 1 amide bonds. The van der Waals surface area contributed by atoms with Gasteiger partial charge in [-0.15, -0.1) is 0 Å². The van der Waals surface area contributed by atoms with Gasteiger partial charge in [0, 0.05) is 23.6 Å². The summed E-state index contributed by atoms with van der Waals surface area (Å²) < 4.78 is 1.82. The average Bonchev–Trinajstić information content (AvgIpc) is 2.75. The molecule has 0 saturated heterocycles. The first-order chi connectivity index (χ1) is 8.76. The van der Waals surface area contributed by atoms with E-state index in [-0.39, 0.29) is 12.5 Å². The van der Waals surface area contributed by atoms with Crippen LogP contribution in [0, 0.1) is 11.3 Å². The van der Waals surface area contributed by atoms with Crippen LogP contribution in [0.3, 0.4) is 0 Å². The molecule has 0 radical (unpaired) electrons. The molecule has 0 unspecified atom stereocenters. The van der Waals surface area contributed by atoms with E-state index in [0.717, 1.165) is 17.3 Å². The molecule has 0 fully saturated rings. The minimum Gasteiger partial charge on any atom is -0.355 e. The van der Waals surface area contributed by atoms with Crippen LogP contribution in [0.15, 0.2) is 30.5 Å². The fourth-order valence-electron chi connectivity index (χ4n) is 1.94. The molecule has 0 atom stereocenters. The standard InChI is InChI=1S/C14H15N3O/c1-2-7-16-14(18)10-17-9-11(8-15)12-5-3-4-6-13(12)17/h3-6,9H,2,7,10H2,1H3,(H,16,18). The number of nitriles is 1. The SMILES string of the molecule is CCCNC(=O)Cn1cc(C#N)c2ccccc21. The Bertz CT molecular complexity index is 607. The van der Waals surface area contributed by atoms with Crippen molar-refractivity contribution in [2.75, 3.05) is 6.54 Å². The summed E-state index contributed by atoms with van der Waals surface area (Å²) in [5, 5.41) is 12.8. The molecule has 1 aromatic heterocycles. The molecule has 4 nitrogen and oxygen atoms in total. The topological polar surface area (TPSA) is 57.8 Å². The molecule has 92 valence electrons. The van der Waals surface area contributed by atoms with E-state index in [0.29, 0.717) is 12.1 Å². The van der Waals surface area contributed by atoms with E-state index in [2.05, 4.69) is 11.4 Å². The van der Waals surface area contributed by atoms with E-state index >= 15 is 0 Å². The summed E-state index contributed by atoms with van der Waals surface area (Å²) >= 11 is 0. The van der Waals surface area contributed by atoms with Crippen LogP contribution in [-0.2, 0) is 11.3 Å². The smallest absolute Gasteiger partial charge is 0.239 e. The maximum absolute atomic E-state index is 11.7. The van der Waals surface area contributed by atoms with E-state index in [4.69, 9.17) is 5.26 Å². The Balaban J connectivity index is 2.29. The van der Waals surface area contributed by atoms with E-state index in [1.165, 1.54) is 0 Å². The molecule has 18 heavy (non-hydrogen) atoms. The number of nitrogens with zero attached hydrogens (tertiary/aromatic N) is 2. The molecule has 0 spiro atoms. The Hall–Kier alpha value is -2.28. The zero-order chi connectivity index (χ0) is 13.0. The van der Waals surface area contributed by atoms with Gasteiger partial charge in [0.1, 0.15) is 12.6 Å². The lowest BCUT2D eigenvalue weighted by molar-refractivity contribution is -0.121. The highest BCUT2D eigenvalue weighted by Gasteiger charge is 2.09. The van der Waals surface area contributed by atoms with Gasteiger partial charge >= 0.3 is 0 Å². The maximum atomic E-state index is 11.7. The quantitative estimate of drug-likeness (QED) is 0.890. The average molecular weight is 241 g/mol. The molecule has 0 saturated carbocycles. The largest absolute Gasteiger partial charge is 0.355 e. The van der Waals surface area contributed by atoms with E-state index < -0.39 is 0 Å². The zero-order valence-corrected chi connectivity index (χ0v) is 10.3. The van der Waals surface area contributed by atoms with E-state index in [1.54, 1.807) is 6.20 Å². The zero-order valence-electron chi connectivity index (χ0n) is 10.3. The van der Waals surface area contributed by atoms with Gasteiger partial charge in [-0.25, -0.2) is 0 Å². The van der Waals surface area contributed by atoms with Gasteiger partial charge in [-0.2, -0.15) is 5.26 Å². The number of aromatic nitrogens is 1. The van der Waals surface area contributed by atoms with Crippen LogP contribution in [0.4, 0.5) is 0 Å². The van der Waals surface area contributed by atoms with Crippen LogP contribution in [0.1, 0.15) is 18.9 Å². The molecule has 0 aliphatic heterocycles. The summed E-state index contributed by atoms with van der Waals surface area (Å²) in [5.74, 6) is -0.0258. The molecule has 2 aromatic rings. The van der Waals surface area contributed by atoms with Crippen LogP contribution in [0.25, 0.3) is 10.9 Å². The second kappa shape index (κ2) is 5.37. The predicted molar refractivity (Wildman–Crippen MR) is 70.0 cm³/mol. The Labute approximate surface area is 106 Å². The Morgan fingerprint density at radius 3 is 2.94 bits per heavy atom. The van der Waals surface area contributed by atoms with Crippen LogP contribution < -0.4 is 5.32 Å². The summed E-state index contributed by atoms with van der Waals surface area (Å²) in [5.41, 5.74) is 1.52. The fourth-order valence-corrected chi connectivity index (χ4v) is 1.94. The van der Waals surface area contributed by atoms with Crippen LogP contribution in [0.5, 0.6) is 0 Å². The second-order valence-electron chi connectivity index (χ2n) is 4.15. The molecule has 0 aliphatic carbocycles. The summed E-state index contributed by atoms with van der Waals surface area (Å²) in [6.45, 7) is 2.95. The van der Waals surface area contributed by atoms with Crippen molar-refractivity contribution in [3.05, 3.63) is 36.0 Å². The molecular formula is C14H15N3O. The monoisotopic (exact) mass is 241 g/mol. The van der Waals surface area contributed by atoms with Crippen LogP contribution >= 0.6 is 0 Å². The van der Waals surface area contributed by atoms with Gasteiger partial charge in [0.15, 0.2) is 0 Å². The fraction of sp³-hybridized carbons (Fsp3) is 0.286. The Kier molecular flexibility index (Phi) is 3.63. The minimum absolute atomic E-state index is 0.0258. The predicted octanol–water partition coefficient (Wildman–Crippen LogP) is 2.04. The van der Waals surface area contributed by atoms with Crippen molar-refractivity contribution in [2.24, 2.45) is 0 Å². The minimum atomic E-state index is -0.0258. The van der Waals surface area contributed by atoms with Crippen LogP contribution in [-0.4, -0.2) is 17.0 Å². The number of rotatable bonds is 4. The molecule has 1 aromatic carbocycles. The van der Waals surface area contributed by atoms with Crippen molar-refractivity contribution in [2.45, 2.75) is 19.9 Å². The van der Waals surface area contributed by atoms with Gasteiger partial charge in [-0.3, -0.25) is 4.79 Å². The van der Waals surface area contributed by atoms with Crippen molar-refractivity contribution >= 4 is 16.8 Å². The number of para-hydroxylation sites is 1. The molecule has 1 heterocycles. The van der Waals surface area contributed by atoms with Gasteiger partial charge in [-0.1, -0.05) is 25.1 Å². The lowest BCUT2D eigenvalue weighted by atomic mass is 10.2. The first-order valence-electron chi connectivity index (χ1n) is 6.01. The lowest BCUT2D eigenvalue weighted by Gasteiger charge is -2.05. The van der Waals surface area contributed by atoms with Crippen molar-refractivity contribution in [3.63, 3.8) is 0 Å². The number of nitrogens with one attached hydrogen (secondary N) is 1. The Morgan fingerprint density at radius 1 is 1.44 bits per heavy atom. The summed E-state index contributed by atoms with van der Waals surface area (Å²) in [6.07, 6.45) is 2.65. The number of hydrogen-bond donors (Lipinski definition) is 1. The third kappa shape index (κ3) is 2.35. The molecule has 1 N–H and O–H groups in total. The highest BCUT2D eigenvalue weighted by molar-refractivity contribution is 5.88. The van der Waals surface area contributed by atoms with Crippen molar-refractivity contribution < 1.29 is 4.79 Å². The summed E-state index contributed by atoms with van der Waals surface area (Å²) in [7, 11) is 0. The molecule has 2 rings (SSSR count). The third-order valence-corrected chi connectivity index (χ3v) is 2.80. The second-order valence-corrected chi connectivity index (χ2v) is 4.15. The van der Waals surface area contributed by atoms with Crippen LogP contribution in [0.2, 0.25) is 0 Å².